The van der Waals surface area contributed by atoms with Crippen LogP contribution >= 0.6 is 0 Å². The Hall–Kier alpha value is -5.25. The van der Waals surface area contributed by atoms with Crippen molar-refractivity contribution in [2.24, 2.45) is 0 Å². The van der Waals surface area contributed by atoms with Crippen LogP contribution in [0.3, 0.4) is 0 Å². The summed E-state index contributed by atoms with van der Waals surface area (Å²) in [6, 6.07) is 24.7. The molecule has 1 aliphatic rings. The van der Waals surface area contributed by atoms with E-state index in [0.29, 0.717) is 59.6 Å². The summed E-state index contributed by atoms with van der Waals surface area (Å²) < 4.78 is 56.0. The van der Waals surface area contributed by atoms with E-state index in [-0.39, 0.29) is 18.8 Å². The van der Waals surface area contributed by atoms with Crippen LogP contribution in [0.15, 0.2) is 89.7 Å². The Morgan fingerprint density at radius 3 is 2.02 bits per heavy atom. The molecule has 1 unspecified atom stereocenters. The van der Waals surface area contributed by atoms with Gasteiger partial charge >= 0.3 is 17.8 Å². The van der Waals surface area contributed by atoms with Gasteiger partial charge in [-0.3, -0.25) is 14.2 Å². The molecule has 0 spiro atoms. The molecule has 1 aliphatic heterocycles. The second-order valence-corrected chi connectivity index (χ2v) is 13.5. The summed E-state index contributed by atoms with van der Waals surface area (Å²) in [4.78, 5) is 42.0. The van der Waals surface area contributed by atoms with E-state index in [9.17, 15) is 37.8 Å². The zero-order valence-corrected chi connectivity index (χ0v) is 30.7. The number of aliphatic hydroxyl groups excluding tert-OH is 1. The van der Waals surface area contributed by atoms with E-state index in [1.165, 1.54) is 31.8 Å². The topological polar surface area (TPSA) is 175 Å². The van der Waals surface area contributed by atoms with Crippen molar-refractivity contribution in [3.05, 3.63) is 118 Å². The number of hydrogen-bond donors (Lipinski definition) is 4. The first-order valence-electron chi connectivity index (χ1n) is 17.8. The lowest BCUT2D eigenvalue weighted by molar-refractivity contribution is -0.173. The third kappa shape index (κ3) is 8.53. The van der Waals surface area contributed by atoms with E-state index in [2.05, 4.69) is 4.98 Å². The standard InChI is InChI=1S/C40H45F3N4O8/c1-25(48)38(52)24-33(47-29(23-32(44)46-37(47)51)13-9-4-5-10-22-45-36(50)40(41,42)43)55-35(38)34(49)39(26-11-7-6-8-12-26,27-14-18-30(53-2)19-15-27)28-16-20-31(54-3)21-17-28/h6-8,11-12,14-21,23,33-35,49,52H,4-5,9-10,13,22,24H2,1-3H3,(H,45,50)(H2,44,46,51)/t33-,34?,35-,38-/m1/s1. The van der Waals surface area contributed by atoms with Gasteiger partial charge in [-0.05, 0) is 67.1 Å². The molecule has 1 fully saturated rings. The zero-order chi connectivity index (χ0) is 40.0. The van der Waals surface area contributed by atoms with Crippen LogP contribution in [0.1, 0.15) is 67.6 Å². The number of aliphatic hydroxyl groups is 2. The molecule has 0 radical (unpaired) electrons. The predicted molar refractivity (Wildman–Crippen MR) is 197 cm³/mol. The fourth-order valence-electron chi connectivity index (χ4n) is 7.34. The fourth-order valence-corrected chi connectivity index (χ4v) is 7.34. The molecular formula is C40H45F3N4O8. The Morgan fingerprint density at radius 1 is 0.945 bits per heavy atom. The van der Waals surface area contributed by atoms with E-state index in [1.807, 2.05) is 35.6 Å². The number of ketones is 1. The summed E-state index contributed by atoms with van der Waals surface area (Å²) in [5.74, 6) is -1.64. The summed E-state index contributed by atoms with van der Waals surface area (Å²) >= 11 is 0. The number of ether oxygens (including phenoxy) is 3. The molecule has 0 aliphatic carbocycles. The lowest BCUT2D eigenvalue weighted by atomic mass is 9.62. The van der Waals surface area contributed by atoms with Gasteiger partial charge in [-0.2, -0.15) is 18.2 Å². The second kappa shape index (κ2) is 17.0. The van der Waals surface area contributed by atoms with Gasteiger partial charge in [-0.25, -0.2) is 4.79 Å². The van der Waals surface area contributed by atoms with Gasteiger partial charge in [0.25, 0.3) is 0 Å². The maximum atomic E-state index is 13.5. The molecule has 3 aromatic carbocycles. The van der Waals surface area contributed by atoms with Crippen molar-refractivity contribution in [2.45, 2.75) is 81.1 Å². The minimum Gasteiger partial charge on any atom is -0.497 e. The first-order valence-corrected chi connectivity index (χ1v) is 17.8. The number of hydrogen-bond acceptors (Lipinski definition) is 10. The quantitative estimate of drug-likeness (QED) is 0.0930. The monoisotopic (exact) mass is 766 g/mol. The number of unbranched alkanes of at least 4 members (excludes halogenated alkanes) is 3. The van der Waals surface area contributed by atoms with E-state index in [0.717, 1.165) is 0 Å². The molecule has 294 valence electrons. The third-order valence-corrected chi connectivity index (χ3v) is 10.2. The Bertz CT molecular complexity index is 1940. The summed E-state index contributed by atoms with van der Waals surface area (Å²) in [6.45, 7) is 1.05. The molecule has 55 heavy (non-hydrogen) atoms. The highest BCUT2D eigenvalue weighted by Gasteiger charge is 2.60. The second-order valence-electron chi connectivity index (χ2n) is 13.5. The van der Waals surface area contributed by atoms with E-state index in [1.54, 1.807) is 48.5 Å². The molecule has 1 amide bonds. The Balaban J connectivity index is 1.52. The lowest BCUT2D eigenvalue weighted by Gasteiger charge is -2.44. The van der Waals surface area contributed by atoms with Crippen LogP contribution in [-0.4, -0.2) is 76.2 Å². The molecule has 12 nitrogen and oxygen atoms in total. The van der Waals surface area contributed by atoms with Crippen LogP contribution in [0.2, 0.25) is 0 Å². The summed E-state index contributed by atoms with van der Waals surface area (Å²) in [5.41, 5.74) is 3.57. The number of aromatic nitrogens is 2. The van der Waals surface area contributed by atoms with Crippen LogP contribution in [0, 0.1) is 0 Å². The number of benzene rings is 3. The smallest absolute Gasteiger partial charge is 0.471 e. The molecule has 4 aromatic rings. The van der Waals surface area contributed by atoms with Crippen molar-refractivity contribution >= 4 is 17.5 Å². The van der Waals surface area contributed by atoms with Gasteiger partial charge in [0.1, 0.15) is 35.8 Å². The number of rotatable bonds is 16. The number of amides is 1. The number of aryl methyl sites for hydroxylation is 1. The lowest BCUT2D eigenvalue weighted by Crippen LogP contribution is -2.58. The maximum Gasteiger partial charge on any atom is 0.471 e. The normalized spacial score (nSPS) is 19.1. The minimum atomic E-state index is -4.95. The van der Waals surface area contributed by atoms with Gasteiger partial charge in [0, 0.05) is 24.7 Å². The van der Waals surface area contributed by atoms with Crippen molar-refractivity contribution in [3.8, 4) is 11.5 Å². The highest BCUT2D eigenvalue weighted by molar-refractivity contribution is 5.86. The van der Waals surface area contributed by atoms with Crippen LogP contribution in [0.25, 0.3) is 0 Å². The summed E-state index contributed by atoms with van der Waals surface area (Å²) in [7, 11) is 3.06. The van der Waals surface area contributed by atoms with Crippen molar-refractivity contribution in [1.82, 2.24) is 14.9 Å². The molecule has 1 aromatic heterocycles. The van der Waals surface area contributed by atoms with E-state index >= 15 is 0 Å². The average molecular weight is 767 g/mol. The minimum absolute atomic E-state index is 0.0652. The SMILES string of the molecule is COc1ccc(C(c2ccccc2)(c2ccc(OC)cc2)C(O)[C@H]2O[C@@H](n3c(CCCCCCNC(=O)C(F)(F)F)cc(N)nc3=O)C[C@@]2(O)C(C)=O)cc1. The van der Waals surface area contributed by atoms with E-state index < -0.39 is 59.4 Å². The number of Topliss-reactive ketones (excluding diaryl/α,β-unsaturated/α-hetero) is 1. The van der Waals surface area contributed by atoms with Crippen molar-refractivity contribution < 1.29 is 47.2 Å². The van der Waals surface area contributed by atoms with Crippen LogP contribution in [0.5, 0.6) is 11.5 Å². The number of carbonyl (C=O) groups is 2. The molecule has 15 heteroatoms. The fraction of sp³-hybridized carbons (Fsp3) is 0.400. The van der Waals surface area contributed by atoms with Gasteiger partial charge in [-0.15, -0.1) is 0 Å². The predicted octanol–water partition coefficient (Wildman–Crippen LogP) is 4.63. The summed E-state index contributed by atoms with van der Waals surface area (Å²) in [5, 5.41) is 27.0. The Kier molecular flexibility index (Phi) is 12.7. The zero-order valence-electron chi connectivity index (χ0n) is 30.7. The molecule has 0 bridgehead atoms. The van der Waals surface area contributed by atoms with Crippen LogP contribution < -0.4 is 26.2 Å². The first kappa shape index (κ1) is 40.9. The first-order chi connectivity index (χ1) is 26.2. The van der Waals surface area contributed by atoms with Gasteiger partial charge in [0.2, 0.25) is 0 Å². The van der Waals surface area contributed by atoms with Gasteiger partial charge < -0.3 is 35.5 Å². The molecular weight excluding hydrogens is 721 g/mol. The molecule has 2 heterocycles. The number of halogens is 3. The van der Waals surface area contributed by atoms with Crippen LogP contribution in [-0.2, 0) is 26.2 Å². The van der Waals surface area contributed by atoms with Crippen molar-refractivity contribution in [2.75, 3.05) is 26.5 Å². The highest BCUT2D eigenvalue weighted by atomic mass is 19.4. The van der Waals surface area contributed by atoms with Gasteiger partial charge in [0.05, 0.1) is 19.6 Å². The molecule has 5 N–H and O–H groups in total. The number of anilines is 1. The molecule has 1 saturated heterocycles. The number of methoxy groups -OCH3 is 2. The number of carbonyl (C=O) groups excluding carboxylic acids is 2. The van der Waals surface area contributed by atoms with Crippen molar-refractivity contribution in [1.29, 1.82) is 0 Å². The molecule has 4 atom stereocenters. The van der Waals surface area contributed by atoms with Gasteiger partial charge in [-0.1, -0.05) is 67.4 Å². The highest BCUT2D eigenvalue weighted by Crippen LogP contribution is 2.50. The Morgan fingerprint density at radius 2 is 1.49 bits per heavy atom. The third-order valence-electron chi connectivity index (χ3n) is 10.2. The summed E-state index contributed by atoms with van der Waals surface area (Å²) in [6.07, 6.45) is -7.82. The number of nitrogens with two attached hydrogens (primary N) is 1. The molecule has 0 saturated carbocycles. The van der Waals surface area contributed by atoms with Crippen molar-refractivity contribution in [3.63, 3.8) is 0 Å². The largest absolute Gasteiger partial charge is 0.497 e. The number of alkyl halides is 3. The van der Waals surface area contributed by atoms with Crippen LogP contribution in [0.4, 0.5) is 19.0 Å². The number of nitrogens with one attached hydrogen (secondary N) is 1. The Labute approximate surface area is 316 Å². The average Bonchev–Trinajstić information content (AvgIpc) is 3.52. The maximum absolute atomic E-state index is 13.5. The van der Waals surface area contributed by atoms with Gasteiger partial charge in [0.15, 0.2) is 11.4 Å². The number of nitrogen functional groups attached to an aromatic ring is 1. The number of nitrogens with zero attached hydrogens (tertiary/aromatic N) is 2. The van der Waals surface area contributed by atoms with E-state index in [4.69, 9.17) is 19.9 Å². The molecule has 5 rings (SSSR count).